The molecule has 0 radical (unpaired) electrons. The Morgan fingerprint density at radius 1 is 1.30 bits per heavy atom. The van der Waals surface area contributed by atoms with Crippen molar-refractivity contribution in [2.75, 3.05) is 6.61 Å². The molecule has 0 fully saturated rings. The molecular weight excluding hydrogens is 318 g/mol. The number of pyridine rings is 1. The second kappa shape index (κ2) is 6.99. The monoisotopic (exact) mass is 337 g/mol. The molecule has 0 amide bonds. The van der Waals surface area contributed by atoms with Crippen molar-refractivity contribution in [1.29, 1.82) is 0 Å². The fourth-order valence-electron chi connectivity index (χ4n) is 2.24. The molecule has 0 bridgehead atoms. The minimum atomic E-state index is -0.436. The lowest BCUT2D eigenvalue weighted by Crippen LogP contribution is -2.37. The molecule has 124 valence electrons. The van der Waals surface area contributed by atoms with Gasteiger partial charge >= 0.3 is 11.7 Å². The van der Waals surface area contributed by atoms with Crippen LogP contribution in [0, 0.1) is 0 Å². The van der Waals surface area contributed by atoms with Crippen LogP contribution in [0.5, 0.6) is 0 Å². The maximum absolute atomic E-state index is 12.5. The molecule has 2 aromatic rings. The van der Waals surface area contributed by atoms with Crippen molar-refractivity contribution >= 4 is 28.8 Å². The number of hydrogen-bond donors (Lipinski definition) is 0. The van der Waals surface area contributed by atoms with Crippen LogP contribution in [-0.4, -0.2) is 31.9 Å². The second-order valence-corrected chi connectivity index (χ2v) is 6.22. The fourth-order valence-corrected chi connectivity index (χ4v) is 3.32. The summed E-state index contributed by atoms with van der Waals surface area (Å²) in [4.78, 5) is 41.2. The van der Waals surface area contributed by atoms with Crippen LogP contribution < -0.4 is 11.2 Å². The average molecular weight is 337 g/mol. The lowest BCUT2D eigenvalue weighted by atomic mass is 10.3. The van der Waals surface area contributed by atoms with Crippen LogP contribution in [0.4, 0.5) is 0 Å². The van der Waals surface area contributed by atoms with Crippen LogP contribution in [0.1, 0.15) is 20.3 Å². The lowest BCUT2D eigenvalue weighted by Gasteiger charge is -2.15. The van der Waals surface area contributed by atoms with Gasteiger partial charge in [0.25, 0.3) is 5.56 Å². The molecule has 7 nitrogen and oxygen atoms in total. The van der Waals surface area contributed by atoms with E-state index in [1.807, 2.05) is 6.92 Å². The number of thioether (sulfide) groups is 1. The zero-order chi connectivity index (χ0) is 17.1. The number of hydrogen-bond acceptors (Lipinski definition) is 6. The van der Waals surface area contributed by atoms with E-state index in [0.717, 1.165) is 4.57 Å². The van der Waals surface area contributed by atoms with Gasteiger partial charge in [-0.2, -0.15) is 0 Å². The van der Waals surface area contributed by atoms with Crippen LogP contribution in [0.25, 0.3) is 11.0 Å². The third-order valence-corrected chi connectivity index (χ3v) is 4.90. The molecule has 0 aliphatic heterocycles. The third kappa shape index (κ3) is 3.17. The molecule has 1 unspecified atom stereocenters. The van der Waals surface area contributed by atoms with Gasteiger partial charge in [0.05, 0.1) is 12.0 Å². The summed E-state index contributed by atoms with van der Waals surface area (Å²) in [7, 11) is 2.99. The van der Waals surface area contributed by atoms with E-state index in [9.17, 15) is 14.4 Å². The van der Waals surface area contributed by atoms with E-state index in [1.54, 1.807) is 20.0 Å². The maximum Gasteiger partial charge on any atom is 0.332 e. The predicted octanol–water partition coefficient (Wildman–Crippen LogP) is 1.07. The zero-order valence-corrected chi connectivity index (χ0v) is 14.3. The first-order chi connectivity index (χ1) is 10.9. The molecule has 0 aliphatic rings. The Morgan fingerprint density at radius 2 is 2.00 bits per heavy atom. The van der Waals surface area contributed by atoms with E-state index in [-0.39, 0.29) is 5.97 Å². The number of carbonyl (C=O) groups is 1. The molecule has 2 rings (SSSR count). The SMILES string of the molecule is CCOC(=O)C(CC)Sc1ccnc2c1c(=O)n(C)c(=O)n2C. The first-order valence-electron chi connectivity index (χ1n) is 7.30. The smallest absolute Gasteiger partial charge is 0.332 e. The molecular formula is C15H19N3O4S. The summed E-state index contributed by atoms with van der Waals surface area (Å²) in [5, 5.41) is -0.0765. The first-order valence-corrected chi connectivity index (χ1v) is 8.18. The highest BCUT2D eigenvalue weighted by atomic mass is 32.2. The van der Waals surface area contributed by atoms with E-state index < -0.39 is 16.5 Å². The van der Waals surface area contributed by atoms with E-state index in [4.69, 9.17) is 4.74 Å². The second-order valence-electron chi connectivity index (χ2n) is 4.98. The zero-order valence-electron chi connectivity index (χ0n) is 13.5. The number of carbonyl (C=O) groups excluding carboxylic acids is 1. The number of ether oxygens (including phenoxy) is 1. The van der Waals surface area contributed by atoms with Gasteiger partial charge in [-0.05, 0) is 19.4 Å². The molecule has 0 aromatic carbocycles. The first kappa shape index (κ1) is 17.3. The number of aryl methyl sites for hydroxylation is 1. The Labute approximate surface area is 137 Å². The minimum Gasteiger partial charge on any atom is -0.465 e. The molecule has 0 saturated carbocycles. The molecule has 8 heteroatoms. The standard InChI is InChI=1S/C15H19N3O4S/c1-5-9(14(20)22-6-2)23-10-7-8-16-12-11(10)13(19)18(4)15(21)17(12)3/h7-9H,5-6H2,1-4H3. The molecule has 0 spiro atoms. The fraction of sp³-hybridized carbons (Fsp3) is 0.467. The molecule has 2 aromatic heterocycles. The quantitative estimate of drug-likeness (QED) is 0.599. The van der Waals surface area contributed by atoms with Crippen LogP contribution in [0.15, 0.2) is 26.7 Å². The van der Waals surface area contributed by atoms with E-state index >= 15 is 0 Å². The molecule has 23 heavy (non-hydrogen) atoms. The molecule has 1 atom stereocenters. The van der Waals surface area contributed by atoms with Crippen molar-refractivity contribution in [2.45, 2.75) is 30.4 Å². The number of fused-ring (bicyclic) bond motifs is 1. The summed E-state index contributed by atoms with van der Waals surface area (Å²) in [5.74, 6) is -0.313. The van der Waals surface area contributed by atoms with Crippen molar-refractivity contribution in [2.24, 2.45) is 14.1 Å². The number of nitrogens with zero attached hydrogens (tertiary/aromatic N) is 3. The highest BCUT2D eigenvalue weighted by molar-refractivity contribution is 8.00. The van der Waals surface area contributed by atoms with Gasteiger partial charge in [0.15, 0.2) is 0 Å². The minimum absolute atomic E-state index is 0.307. The Morgan fingerprint density at radius 3 is 2.61 bits per heavy atom. The van der Waals surface area contributed by atoms with Crippen molar-refractivity contribution in [3.8, 4) is 0 Å². The van der Waals surface area contributed by atoms with Gasteiger partial charge in [-0.25, -0.2) is 9.78 Å². The molecule has 0 aliphatic carbocycles. The summed E-state index contributed by atoms with van der Waals surface area (Å²) in [6, 6.07) is 1.68. The summed E-state index contributed by atoms with van der Waals surface area (Å²) in [5.41, 5.74) is -0.547. The number of aromatic nitrogens is 3. The summed E-state index contributed by atoms with van der Waals surface area (Å²) in [6.45, 7) is 3.94. The highest BCUT2D eigenvalue weighted by Crippen LogP contribution is 2.29. The number of rotatable bonds is 5. The topological polar surface area (TPSA) is 83.2 Å². The normalized spacial score (nSPS) is 12.3. The van der Waals surface area contributed by atoms with Crippen molar-refractivity contribution in [3.63, 3.8) is 0 Å². The summed E-state index contributed by atoms with van der Waals surface area (Å²) < 4.78 is 7.43. The van der Waals surface area contributed by atoms with Crippen LogP contribution in [0.2, 0.25) is 0 Å². The van der Waals surface area contributed by atoms with Crippen LogP contribution in [-0.2, 0) is 23.6 Å². The van der Waals surface area contributed by atoms with Gasteiger partial charge in [-0.1, -0.05) is 6.92 Å². The predicted molar refractivity (Wildman–Crippen MR) is 88.8 cm³/mol. The van der Waals surface area contributed by atoms with E-state index in [2.05, 4.69) is 4.98 Å². The summed E-state index contributed by atoms with van der Waals surface area (Å²) >= 11 is 1.26. The highest BCUT2D eigenvalue weighted by Gasteiger charge is 2.22. The van der Waals surface area contributed by atoms with Gasteiger partial charge in [-0.15, -0.1) is 11.8 Å². The number of esters is 1. The Balaban J connectivity index is 2.60. The van der Waals surface area contributed by atoms with Crippen molar-refractivity contribution < 1.29 is 9.53 Å². The molecule has 2 heterocycles. The van der Waals surface area contributed by atoms with Gasteiger partial charge in [0.2, 0.25) is 0 Å². The summed E-state index contributed by atoms with van der Waals surface area (Å²) in [6.07, 6.45) is 2.10. The van der Waals surface area contributed by atoms with Crippen molar-refractivity contribution in [3.05, 3.63) is 33.1 Å². The van der Waals surface area contributed by atoms with Gasteiger partial charge < -0.3 is 4.74 Å². The molecule has 0 saturated heterocycles. The lowest BCUT2D eigenvalue weighted by molar-refractivity contribution is -0.142. The average Bonchev–Trinajstić information content (AvgIpc) is 2.55. The van der Waals surface area contributed by atoms with Gasteiger partial charge in [0, 0.05) is 25.2 Å². The third-order valence-electron chi connectivity index (χ3n) is 3.49. The van der Waals surface area contributed by atoms with Crippen molar-refractivity contribution in [1.82, 2.24) is 14.1 Å². The van der Waals surface area contributed by atoms with Crippen LogP contribution >= 0.6 is 11.8 Å². The van der Waals surface area contributed by atoms with E-state index in [1.165, 1.54) is 29.6 Å². The largest absolute Gasteiger partial charge is 0.465 e. The van der Waals surface area contributed by atoms with Gasteiger partial charge in [-0.3, -0.25) is 18.7 Å². The Bertz CT molecular complexity index is 856. The maximum atomic E-state index is 12.5. The van der Waals surface area contributed by atoms with E-state index in [0.29, 0.717) is 29.0 Å². The molecule has 0 N–H and O–H groups in total. The van der Waals surface area contributed by atoms with Crippen LogP contribution in [0.3, 0.4) is 0 Å². The Hall–Kier alpha value is -2.09. The van der Waals surface area contributed by atoms with Gasteiger partial charge in [0.1, 0.15) is 10.9 Å². The Kier molecular flexibility index (Phi) is 5.25.